The van der Waals surface area contributed by atoms with Gasteiger partial charge < -0.3 is 9.47 Å². The largest absolute Gasteiger partial charge is 0.308 e. The SMILES string of the molecule is CC1(C)c2ccccc2-c2ccc(N(c3ccccc3)c3cccc4c5ccccc5n(-c5ccccc5)c34)cc21. The maximum absolute atomic E-state index is 2.43. The highest BCUT2D eigenvalue weighted by Gasteiger charge is 2.36. The summed E-state index contributed by atoms with van der Waals surface area (Å²) in [4.78, 5) is 2.43. The first-order chi connectivity index (χ1) is 20.1. The Labute approximate surface area is 240 Å². The molecule has 1 heterocycles. The Morgan fingerprint density at radius 1 is 0.512 bits per heavy atom. The monoisotopic (exact) mass is 526 g/mol. The molecule has 0 N–H and O–H groups in total. The topological polar surface area (TPSA) is 8.17 Å². The molecule has 41 heavy (non-hydrogen) atoms. The first kappa shape index (κ1) is 23.8. The molecule has 196 valence electrons. The molecule has 0 aliphatic heterocycles. The van der Waals surface area contributed by atoms with Crippen LogP contribution >= 0.6 is 0 Å². The number of hydrogen-bond acceptors (Lipinski definition) is 1. The predicted octanol–water partition coefficient (Wildman–Crippen LogP) is 10.6. The maximum atomic E-state index is 2.43. The van der Waals surface area contributed by atoms with Gasteiger partial charge >= 0.3 is 0 Å². The minimum Gasteiger partial charge on any atom is -0.308 e. The van der Waals surface area contributed by atoms with Crippen molar-refractivity contribution in [2.24, 2.45) is 0 Å². The smallest absolute Gasteiger partial charge is 0.0782 e. The molecule has 1 aromatic heterocycles. The molecule has 0 atom stereocenters. The molecule has 8 rings (SSSR count). The van der Waals surface area contributed by atoms with Crippen LogP contribution in [0, 0.1) is 0 Å². The number of fused-ring (bicyclic) bond motifs is 6. The van der Waals surface area contributed by atoms with Crippen LogP contribution in [0.25, 0.3) is 38.6 Å². The Kier molecular flexibility index (Phi) is 5.20. The molecule has 6 aromatic carbocycles. The second-order valence-corrected chi connectivity index (χ2v) is 11.4. The van der Waals surface area contributed by atoms with Gasteiger partial charge in [-0.3, -0.25) is 0 Å². The van der Waals surface area contributed by atoms with Crippen molar-refractivity contribution in [1.29, 1.82) is 0 Å². The van der Waals surface area contributed by atoms with Crippen LogP contribution < -0.4 is 4.90 Å². The molecule has 0 amide bonds. The van der Waals surface area contributed by atoms with E-state index in [1.165, 1.54) is 44.1 Å². The summed E-state index contributed by atoms with van der Waals surface area (Å²) >= 11 is 0. The molecule has 0 unspecified atom stereocenters. The Bertz CT molecular complexity index is 2070. The van der Waals surface area contributed by atoms with Crippen molar-refractivity contribution in [1.82, 2.24) is 4.57 Å². The van der Waals surface area contributed by atoms with E-state index in [2.05, 4.69) is 169 Å². The fourth-order valence-corrected chi connectivity index (χ4v) is 6.86. The lowest BCUT2D eigenvalue weighted by Gasteiger charge is -2.29. The van der Waals surface area contributed by atoms with E-state index in [1.807, 2.05) is 0 Å². The molecule has 0 saturated carbocycles. The first-order valence-corrected chi connectivity index (χ1v) is 14.3. The second kappa shape index (κ2) is 8.97. The lowest BCUT2D eigenvalue weighted by Crippen LogP contribution is -2.17. The van der Waals surface area contributed by atoms with Gasteiger partial charge in [-0.1, -0.05) is 111 Å². The van der Waals surface area contributed by atoms with E-state index >= 15 is 0 Å². The molecular formula is C39H30N2. The van der Waals surface area contributed by atoms with Crippen LogP contribution in [0.5, 0.6) is 0 Å². The average molecular weight is 527 g/mol. The standard InChI is InChI=1S/C39H30N2/c1-39(2)34-21-11-9-18-30(34)31-25-24-29(26-35(31)39)40(27-14-5-3-6-15-27)37-23-13-20-33-32-19-10-12-22-36(32)41(38(33)37)28-16-7-4-8-17-28/h3-26H,1-2H3. The van der Waals surface area contributed by atoms with Crippen molar-refractivity contribution >= 4 is 38.9 Å². The Balaban J connectivity index is 1.44. The predicted molar refractivity (Wildman–Crippen MR) is 173 cm³/mol. The van der Waals surface area contributed by atoms with E-state index < -0.39 is 0 Å². The lowest BCUT2D eigenvalue weighted by atomic mass is 9.82. The molecule has 1 aliphatic carbocycles. The van der Waals surface area contributed by atoms with Gasteiger partial charge in [-0.15, -0.1) is 0 Å². The van der Waals surface area contributed by atoms with Crippen LogP contribution in [0.4, 0.5) is 17.1 Å². The van der Waals surface area contributed by atoms with E-state index in [4.69, 9.17) is 0 Å². The van der Waals surface area contributed by atoms with E-state index in [0.717, 1.165) is 22.7 Å². The highest BCUT2D eigenvalue weighted by atomic mass is 15.2. The summed E-state index contributed by atoms with van der Waals surface area (Å²) in [6.07, 6.45) is 0. The molecule has 2 heteroatoms. The number of anilines is 3. The van der Waals surface area contributed by atoms with Gasteiger partial charge in [0.2, 0.25) is 0 Å². The van der Waals surface area contributed by atoms with E-state index in [0.29, 0.717) is 0 Å². The third-order valence-corrected chi connectivity index (χ3v) is 8.77. The zero-order valence-electron chi connectivity index (χ0n) is 23.3. The number of para-hydroxylation sites is 4. The number of hydrogen-bond donors (Lipinski definition) is 0. The molecular weight excluding hydrogens is 496 g/mol. The zero-order chi connectivity index (χ0) is 27.6. The quantitative estimate of drug-likeness (QED) is 0.221. The van der Waals surface area contributed by atoms with Gasteiger partial charge in [0.15, 0.2) is 0 Å². The second-order valence-electron chi connectivity index (χ2n) is 11.4. The molecule has 0 saturated heterocycles. The fourth-order valence-electron chi connectivity index (χ4n) is 6.86. The lowest BCUT2D eigenvalue weighted by molar-refractivity contribution is 0.660. The zero-order valence-corrected chi connectivity index (χ0v) is 23.3. The third-order valence-electron chi connectivity index (χ3n) is 8.77. The Hall–Kier alpha value is -5.08. The first-order valence-electron chi connectivity index (χ1n) is 14.3. The number of nitrogens with zero attached hydrogens (tertiary/aromatic N) is 2. The summed E-state index contributed by atoms with van der Waals surface area (Å²) in [7, 11) is 0. The molecule has 0 spiro atoms. The normalized spacial score (nSPS) is 13.3. The van der Waals surface area contributed by atoms with Crippen molar-refractivity contribution in [3.8, 4) is 16.8 Å². The van der Waals surface area contributed by atoms with E-state index in [-0.39, 0.29) is 5.41 Å². The van der Waals surface area contributed by atoms with Crippen LogP contribution in [-0.4, -0.2) is 4.57 Å². The maximum Gasteiger partial charge on any atom is 0.0782 e. The van der Waals surface area contributed by atoms with Gasteiger partial charge in [-0.2, -0.15) is 0 Å². The van der Waals surface area contributed by atoms with Gasteiger partial charge in [0.05, 0.1) is 16.7 Å². The van der Waals surface area contributed by atoms with Gasteiger partial charge in [-0.25, -0.2) is 0 Å². The number of benzene rings is 6. The summed E-state index contributed by atoms with van der Waals surface area (Å²) in [6, 6.07) is 52.8. The van der Waals surface area contributed by atoms with Gasteiger partial charge in [0.25, 0.3) is 0 Å². The van der Waals surface area contributed by atoms with Crippen LogP contribution in [0.15, 0.2) is 146 Å². The summed E-state index contributed by atoms with van der Waals surface area (Å²) in [6.45, 7) is 4.70. The Morgan fingerprint density at radius 3 is 2.00 bits per heavy atom. The molecule has 0 radical (unpaired) electrons. The van der Waals surface area contributed by atoms with Crippen LogP contribution in [0.1, 0.15) is 25.0 Å². The van der Waals surface area contributed by atoms with Gasteiger partial charge in [0, 0.05) is 33.2 Å². The minimum atomic E-state index is -0.0742. The summed E-state index contributed by atoms with van der Waals surface area (Å²) in [5, 5.41) is 2.50. The van der Waals surface area contributed by atoms with Gasteiger partial charge in [0.1, 0.15) is 0 Å². The van der Waals surface area contributed by atoms with Crippen LogP contribution in [0.2, 0.25) is 0 Å². The van der Waals surface area contributed by atoms with Crippen molar-refractivity contribution in [3.63, 3.8) is 0 Å². The highest BCUT2D eigenvalue weighted by Crippen LogP contribution is 2.51. The van der Waals surface area contributed by atoms with Crippen LogP contribution in [0.3, 0.4) is 0 Å². The highest BCUT2D eigenvalue weighted by molar-refractivity contribution is 6.14. The number of aromatic nitrogens is 1. The summed E-state index contributed by atoms with van der Waals surface area (Å²) < 4.78 is 2.42. The van der Waals surface area contributed by atoms with Crippen molar-refractivity contribution in [2.75, 3.05) is 4.90 Å². The Morgan fingerprint density at radius 2 is 1.17 bits per heavy atom. The van der Waals surface area contributed by atoms with Crippen molar-refractivity contribution in [2.45, 2.75) is 19.3 Å². The van der Waals surface area contributed by atoms with Gasteiger partial charge in [-0.05, 0) is 70.8 Å². The van der Waals surface area contributed by atoms with Crippen molar-refractivity contribution < 1.29 is 0 Å². The number of rotatable bonds is 4. The molecule has 7 aromatic rings. The van der Waals surface area contributed by atoms with Crippen LogP contribution in [-0.2, 0) is 5.41 Å². The van der Waals surface area contributed by atoms with E-state index in [9.17, 15) is 0 Å². The molecule has 1 aliphatic rings. The fraction of sp³-hybridized carbons (Fsp3) is 0.0769. The summed E-state index contributed by atoms with van der Waals surface area (Å²) in [5.74, 6) is 0. The molecule has 0 bridgehead atoms. The van der Waals surface area contributed by atoms with Crippen molar-refractivity contribution in [3.05, 3.63) is 157 Å². The molecule has 2 nitrogen and oxygen atoms in total. The minimum absolute atomic E-state index is 0.0742. The average Bonchev–Trinajstić information content (AvgIpc) is 3.48. The third kappa shape index (κ3) is 3.50. The van der Waals surface area contributed by atoms with E-state index in [1.54, 1.807) is 0 Å². The summed E-state index contributed by atoms with van der Waals surface area (Å²) in [5.41, 5.74) is 12.4. The molecule has 0 fully saturated rings.